The van der Waals surface area contributed by atoms with Crippen LogP contribution in [0.1, 0.15) is 30.8 Å². The van der Waals surface area contributed by atoms with Crippen LogP contribution < -0.4 is 5.32 Å². The topological polar surface area (TPSA) is 51.0 Å². The summed E-state index contributed by atoms with van der Waals surface area (Å²) in [4.78, 5) is 0. The molecule has 0 aliphatic heterocycles. The molecule has 1 unspecified atom stereocenters. The third kappa shape index (κ3) is 2.79. The highest BCUT2D eigenvalue weighted by Gasteiger charge is 2.16. The van der Waals surface area contributed by atoms with E-state index in [1.807, 2.05) is 32.2 Å². The summed E-state index contributed by atoms with van der Waals surface area (Å²) in [6, 6.07) is 6.16. The van der Waals surface area contributed by atoms with Gasteiger partial charge in [0, 0.05) is 10.0 Å². The number of aryl methyl sites for hydroxylation is 1. The maximum absolute atomic E-state index is 5.72. The lowest BCUT2D eigenvalue weighted by Gasteiger charge is -2.07. The van der Waals surface area contributed by atoms with Gasteiger partial charge in [0.1, 0.15) is 0 Å². The Kier molecular flexibility index (Phi) is 4.14. The van der Waals surface area contributed by atoms with Crippen LogP contribution in [-0.4, -0.2) is 17.2 Å². The summed E-state index contributed by atoms with van der Waals surface area (Å²) >= 11 is 3.47. The van der Waals surface area contributed by atoms with Crippen LogP contribution in [0, 0.1) is 6.92 Å². The van der Waals surface area contributed by atoms with Crippen LogP contribution >= 0.6 is 15.9 Å². The number of nitrogens with zero attached hydrogens (tertiary/aromatic N) is 2. The first kappa shape index (κ1) is 13.2. The Morgan fingerprint density at radius 1 is 1.33 bits per heavy atom. The molecule has 18 heavy (non-hydrogen) atoms. The monoisotopic (exact) mass is 309 g/mol. The van der Waals surface area contributed by atoms with Gasteiger partial charge in [0.2, 0.25) is 11.8 Å². The minimum Gasteiger partial charge on any atom is -0.419 e. The van der Waals surface area contributed by atoms with Crippen molar-refractivity contribution in [2.75, 3.05) is 7.05 Å². The number of hydrogen-bond acceptors (Lipinski definition) is 4. The van der Waals surface area contributed by atoms with E-state index in [0.29, 0.717) is 11.8 Å². The second kappa shape index (κ2) is 5.63. The van der Waals surface area contributed by atoms with Crippen molar-refractivity contribution in [1.82, 2.24) is 15.5 Å². The van der Waals surface area contributed by atoms with E-state index in [-0.39, 0.29) is 6.04 Å². The van der Waals surface area contributed by atoms with Crippen LogP contribution in [0.5, 0.6) is 0 Å². The Hall–Kier alpha value is -1.20. The Balaban J connectivity index is 2.34. The Morgan fingerprint density at radius 3 is 2.72 bits per heavy atom. The Bertz CT molecular complexity index is 515. The van der Waals surface area contributed by atoms with Crippen molar-refractivity contribution in [2.24, 2.45) is 0 Å². The van der Waals surface area contributed by atoms with Gasteiger partial charge in [-0.2, -0.15) is 0 Å². The van der Waals surface area contributed by atoms with E-state index in [4.69, 9.17) is 4.42 Å². The molecule has 5 heteroatoms. The highest BCUT2D eigenvalue weighted by molar-refractivity contribution is 9.10. The molecule has 0 saturated carbocycles. The van der Waals surface area contributed by atoms with Crippen molar-refractivity contribution in [3.8, 4) is 11.5 Å². The van der Waals surface area contributed by atoms with Crippen LogP contribution in [0.25, 0.3) is 11.5 Å². The van der Waals surface area contributed by atoms with E-state index in [1.54, 1.807) is 0 Å². The molecule has 0 amide bonds. The zero-order chi connectivity index (χ0) is 13.1. The van der Waals surface area contributed by atoms with Gasteiger partial charge in [0.05, 0.1) is 6.04 Å². The van der Waals surface area contributed by atoms with Crippen molar-refractivity contribution in [3.63, 3.8) is 0 Å². The number of hydrogen-bond donors (Lipinski definition) is 1. The van der Waals surface area contributed by atoms with Gasteiger partial charge in [-0.15, -0.1) is 10.2 Å². The van der Waals surface area contributed by atoms with E-state index >= 15 is 0 Å². The zero-order valence-corrected chi connectivity index (χ0v) is 12.3. The summed E-state index contributed by atoms with van der Waals surface area (Å²) in [5, 5.41) is 11.4. The molecule has 2 aromatic rings. The molecule has 1 aromatic heterocycles. The fourth-order valence-corrected chi connectivity index (χ4v) is 2.46. The Labute approximate surface area is 115 Å². The molecule has 0 bridgehead atoms. The number of aromatic nitrogens is 2. The first-order valence-electron chi connectivity index (χ1n) is 5.92. The first-order valence-corrected chi connectivity index (χ1v) is 6.71. The predicted molar refractivity (Wildman–Crippen MR) is 74.3 cm³/mol. The zero-order valence-electron chi connectivity index (χ0n) is 10.7. The standard InChI is InChI=1S/C13H16BrN3O/c1-4-11(15-3)13-17-16-12(18-13)9-5-8(2)6-10(14)7-9/h5-7,11,15H,4H2,1-3H3. The third-order valence-electron chi connectivity index (χ3n) is 2.78. The van der Waals surface area contributed by atoms with Crippen molar-refractivity contribution in [2.45, 2.75) is 26.3 Å². The van der Waals surface area contributed by atoms with E-state index < -0.39 is 0 Å². The molecule has 1 atom stereocenters. The molecule has 1 heterocycles. The smallest absolute Gasteiger partial charge is 0.247 e. The SMILES string of the molecule is CCC(NC)c1nnc(-c2cc(C)cc(Br)c2)o1. The summed E-state index contributed by atoms with van der Waals surface area (Å²) in [5.74, 6) is 1.19. The average molecular weight is 310 g/mol. The van der Waals surface area contributed by atoms with E-state index in [9.17, 15) is 0 Å². The summed E-state index contributed by atoms with van der Waals surface area (Å²) in [6.07, 6.45) is 0.912. The maximum Gasteiger partial charge on any atom is 0.247 e. The van der Waals surface area contributed by atoms with Crippen molar-refractivity contribution in [1.29, 1.82) is 0 Å². The van der Waals surface area contributed by atoms with E-state index in [2.05, 4.69) is 38.4 Å². The van der Waals surface area contributed by atoms with Crippen LogP contribution in [0.3, 0.4) is 0 Å². The van der Waals surface area contributed by atoms with Gasteiger partial charge in [-0.05, 0) is 44.2 Å². The fourth-order valence-electron chi connectivity index (χ4n) is 1.85. The lowest BCUT2D eigenvalue weighted by molar-refractivity contribution is 0.415. The van der Waals surface area contributed by atoms with Crippen molar-refractivity contribution in [3.05, 3.63) is 34.1 Å². The number of benzene rings is 1. The highest BCUT2D eigenvalue weighted by Crippen LogP contribution is 2.25. The molecule has 96 valence electrons. The summed E-state index contributed by atoms with van der Waals surface area (Å²) in [6.45, 7) is 4.11. The van der Waals surface area contributed by atoms with Gasteiger partial charge >= 0.3 is 0 Å². The van der Waals surface area contributed by atoms with Crippen LogP contribution in [0.2, 0.25) is 0 Å². The number of rotatable bonds is 4. The summed E-state index contributed by atoms with van der Waals surface area (Å²) in [7, 11) is 1.89. The van der Waals surface area contributed by atoms with E-state index in [0.717, 1.165) is 22.0 Å². The van der Waals surface area contributed by atoms with Crippen LogP contribution in [0.15, 0.2) is 27.1 Å². The Morgan fingerprint density at radius 2 is 2.11 bits per heavy atom. The van der Waals surface area contributed by atoms with Gasteiger partial charge in [-0.3, -0.25) is 0 Å². The van der Waals surface area contributed by atoms with Gasteiger partial charge in [0.15, 0.2) is 0 Å². The molecular weight excluding hydrogens is 294 g/mol. The van der Waals surface area contributed by atoms with Gasteiger partial charge in [-0.25, -0.2) is 0 Å². The largest absolute Gasteiger partial charge is 0.419 e. The molecule has 0 spiro atoms. The third-order valence-corrected chi connectivity index (χ3v) is 3.24. The molecule has 0 aliphatic rings. The molecule has 0 fully saturated rings. The van der Waals surface area contributed by atoms with Crippen LogP contribution in [-0.2, 0) is 0 Å². The second-order valence-electron chi connectivity index (χ2n) is 4.21. The first-order chi connectivity index (χ1) is 8.63. The average Bonchev–Trinajstić information content (AvgIpc) is 2.79. The second-order valence-corrected chi connectivity index (χ2v) is 5.13. The van der Waals surface area contributed by atoms with Gasteiger partial charge in [0.25, 0.3) is 0 Å². The van der Waals surface area contributed by atoms with Crippen LogP contribution in [0.4, 0.5) is 0 Å². The molecule has 2 rings (SSSR count). The fraction of sp³-hybridized carbons (Fsp3) is 0.385. The molecule has 4 nitrogen and oxygen atoms in total. The quantitative estimate of drug-likeness (QED) is 0.939. The maximum atomic E-state index is 5.72. The number of halogens is 1. The van der Waals surface area contributed by atoms with Gasteiger partial charge in [-0.1, -0.05) is 22.9 Å². The predicted octanol–water partition coefficient (Wildman–Crippen LogP) is 3.48. The lowest BCUT2D eigenvalue weighted by atomic mass is 10.1. The summed E-state index contributed by atoms with van der Waals surface area (Å²) in [5.41, 5.74) is 2.09. The minimum absolute atomic E-state index is 0.111. The van der Waals surface area contributed by atoms with Gasteiger partial charge < -0.3 is 9.73 Å². The highest BCUT2D eigenvalue weighted by atomic mass is 79.9. The van der Waals surface area contributed by atoms with E-state index in [1.165, 1.54) is 0 Å². The summed E-state index contributed by atoms with van der Waals surface area (Å²) < 4.78 is 6.73. The number of nitrogens with one attached hydrogen (secondary N) is 1. The normalized spacial score (nSPS) is 12.7. The lowest BCUT2D eigenvalue weighted by Crippen LogP contribution is -2.15. The molecular formula is C13H16BrN3O. The molecule has 1 N–H and O–H groups in total. The molecule has 0 aliphatic carbocycles. The molecule has 1 aromatic carbocycles. The molecule has 0 radical (unpaired) electrons. The minimum atomic E-state index is 0.111. The van der Waals surface area contributed by atoms with Crippen molar-refractivity contribution >= 4 is 15.9 Å². The van der Waals surface area contributed by atoms with Crippen molar-refractivity contribution < 1.29 is 4.42 Å². The molecule has 0 saturated heterocycles.